The predicted octanol–water partition coefficient (Wildman–Crippen LogP) is 3.27. The Kier molecular flexibility index (Phi) is 10.4. The van der Waals surface area contributed by atoms with Crippen LogP contribution in [0.2, 0.25) is 0 Å². The molecule has 2 aromatic carbocycles. The largest absolute Gasteiger partial charge is 0.496 e. The fourth-order valence-electron chi connectivity index (χ4n) is 2.55. The fraction of sp³-hybridized carbons (Fsp3) is 0.333. The Morgan fingerprint density at radius 1 is 1.07 bits per heavy atom. The van der Waals surface area contributed by atoms with E-state index in [2.05, 4.69) is 15.6 Å². The number of amides is 1. The number of benzene rings is 2. The van der Waals surface area contributed by atoms with Crippen molar-refractivity contribution in [2.24, 2.45) is 4.99 Å². The van der Waals surface area contributed by atoms with Gasteiger partial charge in [0.05, 0.1) is 13.7 Å². The lowest BCUT2D eigenvalue weighted by Gasteiger charge is -2.13. The number of aliphatic imine (C=N–C) groups is 1. The molecule has 2 N–H and O–H groups in total. The number of carbonyl (C=O) groups is 1. The number of guanidine groups is 1. The van der Waals surface area contributed by atoms with E-state index in [1.165, 1.54) is 0 Å². The van der Waals surface area contributed by atoms with Crippen molar-refractivity contribution >= 4 is 35.8 Å². The summed E-state index contributed by atoms with van der Waals surface area (Å²) in [5.41, 5.74) is 2.78. The number of hydrogen-bond donors (Lipinski definition) is 2. The molecule has 0 spiro atoms. The van der Waals surface area contributed by atoms with Gasteiger partial charge < -0.3 is 20.3 Å². The third-order valence-corrected chi connectivity index (χ3v) is 4.01. The number of carbonyl (C=O) groups excluding carboxylic acids is 1. The van der Waals surface area contributed by atoms with Crippen molar-refractivity contribution in [3.63, 3.8) is 0 Å². The predicted molar refractivity (Wildman–Crippen MR) is 125 cm³/mol. The van der Waals surface area contributed by atoms with Gasteiger partial charge in [-0.2, -0.15) is 0 Å². The zero-order chi connectivity index (χ0) is 19.6. The van der Waals surface area contributed by atoms with Gasteiger partial charge in [0.25, 0.3) is 5.91 Å². The molecular formula is C21H29IN4O2. The van der Waals surface area contributed by atoms with Crippen molar-refractivity contribution in [3.05, 3.63) is 65.2 Å². The van der Waals surface area contributed by atoms with Crippen molar-refractivity contribution < 1.29 is 9.53 Å². The van der Waals surface area contributed by atoms with Crippen LogP contribution in [0.3, 0.4) is 0 Å². The van der Waals surface area contributed by atoms with E-state index in [4.69, 9.17) is 4.74 Å². The summed E-state index contributed by atoms with van der Waals surface area (Å²) in [6.45, 7) is 3.94. The lowest BCUT2D eigenvalue weighted by Crippen LogP contribution is -2.36. The first kappa shape index (κ1) is 23.7. The van der Waals surface area contributed by atoms with E-state index in [9.17, 15) is 4.79 Å². The number of nitrogens with zero attached hydrogens (tertiary/aromatic N) is 2. The zero-order valence-electron chi connectivity index (χ0n) is 16.9. The van der Waals surface area contributed by atoms with Crippen LogP contribution in [-0.4, -0.2) is 44.5 Å². The van der Waals surface area contributed by atoms with Crippen LogP contribution in [0.1, 0.15) is 28.4 Å². The number of para-hydroxylation sites is 1. The summed E-state index contributed by atoms with van der Waals surface area (Å²) in [6, 6.07) is 15.4. The molecule has 0 saturated carbocycles. The number of ether oxygens (including phenoxy) is 1. The fourth-order valence-corrected chi connectivity index (χ4v) is 2.55. The van der Waals surface area contributed by atoms with Gasteiger partial charge in [0.2, 0.25) is 0 Å². The Labute approximate surface area is 184 Å². The summed E-state index contributed by atoms with van der Waals surface area (Å²) in [6.07, 6.45) is 0. The molecule has 28 heavy (non-hydrogen) atoms. The van der Waals surface area contributed by atoms with E-state index < -0.39 is 0 Å². The Balaban J connectivity index is 0.00000392. The first-order chi connectivity index (χ1) is 13.0. The minimum absolute atomic E-state index is 0. The average Bonchev–Trinajstić information content (AvgIpc) is 2.70. The van der Waals surface area contributed by atoms with Crippen LogP contribution >= 0.6 is 24.0 Å². The molecule has 0 heterocycles. The topological polar surface area (TPSA) is 66.0 Å². The van der Waals surface area contributed by atoms with Gasteiger partial charge in [-0.25, -0.2) is 4.99 Å². The first-order valence-electron chi connectivity index (χ1n) is 8.99. The summed E-state index contributed by atoms with van der Waals surface area (Å²) in [5, 5.41) is 6.57. The Morgan fingerprint density at radius 3 is 2.36 bits per heavy atom. The molecule has 7 heteroatoms. The minimum Gasteiger partial charge on any atom is -0.496 e. The van der Waals surface area contributed by atoms with Crippen LogP contribution in [0, 0.1) is 0 Å². The quantitative estimate of drug-likeness (QED) is 0.351. The maximum atomic E-state index is 11.9. The zero-order valence-corrected chi connectivity index (χ0v) is 19.2. The molecule has 0 radical (unpaired) electrons. The van der Waals surface area contributed by atoms with Crippen LogP contribution in [-0.2, 0) is 13.1 Å². The molecule has 2 aromatic rings. The number of methoxy groups -OCH3 is 1. The number of nitrogens with one attached hydrogen (secondary N) is 2. The highest BCUT2D eigenvalue weighted by molar-refractivity contribution is 14.0. The summed E-state index contributed by atoms with van der Waals surface area (Å²) in [5.74, 6) is 1.58. The summed E-state index contributed by atoms with van der Waals surface area (Å²) >= 11 is 0. The van der Waals surface area contributed by atoms with E-state index in [-0.39, 0.29) is 29.9 Å². The molecule has 0 aliphatic rings. The van der Waals surface area contributed by atoms with E-state index in [0.29, 0.717) is 18.7 Å². The third-order valence-electron chi connectivity index (χ3n) is 4.01. The molecule has 0 unspecified atom stereocenters. The smallest absolute Gasteiger partial charge is 0.253 e. The van der Waals surface area contributed by atoms with E-state index in [0.717, 1.165) is 29.4 Å². The summed E-state index contributed by atoms with van der Waals surface area (Å²) < 4.78 is 5.38. The lowest BCUT2D eigenvalue weighted by atomic mass is 10.1. The van der Waals surface area contributed by atoms with Crippen molar-refractivity contribution in [1.29, 1.82) is 0 Å². The van der Waals surface area contributed by atoms with Gasteiger partial charge in [-0.05, 0) is 30.7 Å². The maximum absolute atomic E-state index is 11.9. The average molecular weight is 496 g/mol. The molecule has 152 valence electrons. The highest BCUT2D eigenvalue weighted by atomic mass is 127. The number of rotatable bonds is 7. The van der Waals surface area contributed by atoms with E-state index in [1.807, 2.05) is 55.5 Å². The normalized spacial score (nSPS) is 10.6. The van der Waals surface area contributed by atoms with Crippen molar-refractivity contribution in [2.45, 2.75) is 20.0 Å². The number of halogens is 1. The van der Waals surface area contributed by atoms with Gasteiger partial charge in [-0.15, -0.1) is 24.0 Å². The number of hydrogen-bond acceptors (Lipinski definition) is 3. The van der Waals surface area contributed by atoms with Gasteiger partial charge in [-0.3, -0.25) is 4.79 Å². The molecule has 0 atom stereocenters. The summed E-state index contributed by atoms with van der Waals surface area (Å²) in [7, 11) is 5.16. The van der Waals surface area contributed by atoms with Gasteiger partial charge in [-0.1, -0.05) is 30.3 Å². The molecule has 2 rings (SSSR count). The van der Waals surface area contributed by atoms with Gasteiger partial charge in [0.15, 0.2) is 5.96 Å². The van der Waals surface area contributed by atoms with Gasteiger partial charge >= 0.3 is 0 Å². The van der Waals surface area contributed by atoms with Crippen LogP contribution in [0.25, 0.3) is 0 Å². The minimum atomic E-state index is -0.00290. The van der Waals surface area contributed by atoms with E-state index >= 15 is 0 Å². The molecular weight excluding hydrogens is 467 g/mol. The third kappa shape index (κ3) is 7.03. The van der Waals surface area contributed by atoms with Crippen LogP contribution < -0.4 is 15.4 Å². The van der Waals surface area contributed by atoms with Crippen molar-refractivity contribution in [3.8, 4) is 5.75 Å². The standard InChI is InChI=1S/C21H28N4O2.HI/c1-5-22-21(24-15-18-8-6-7-9-19(18)27-4)23-14-16-10-12-17(13-11-16)20(26)25(2)3;/h6-13H,5,14-15H2,1-4H3,(H2,22,23,24);1H. The Morgan fingerprint density at radius 2 is 1.75 bits per heavy atom. The van der Waals surface area contributed by atoms with Crippen molar-refractivity contribution in [1.82, 2.24) is 15.5 Å². The van der Waals surface area contributed by atoms with Crippen molar-refractivity contribution in [2.75, 3.05) is 27.7 Å². The van der Waals surface area contributed by atoms with Gasteiger partial charge in [0, 0.05) is 38.3 Å². The molecule has 0 saturated heterocycles. The van der Waals surface area contributed by atoms with Gasteiger partial charge in [0.1, 0.15) is 5.75 Å². The molecule has 0 aliphatic carbocycles. The Hall–Kier alpha value is -2.29. The SMILES string of the molecule is CCNC(=NCc1ccc(C(=O)N(C)C)cc1)NCc1ccccc1OC.I. The highest BCUT2D eigenvalue weighted by Gasteiger charge is 2.07. The molecule has 6 nitrogen and oxygen atoms in total. The molecule has 1 amide bonds. The second-order valence-corrected chi connectivity index (χ2v) is 6.26. The second kappa shape index (κ2) is 12.2. The summed E-state index contributed by atoms with van der Waals surface area (Å²) in [4.78, 5) is 18.1. The Bertz CT molecular complexity index is 776. The molecule has 0 bridgehead atoms. The highest BCUT2D eigenvalue weighted by Crippen LogP contribution is 2.16. The maximum Gasteiger partial charge on any atom is 0.253 e. The molecule has 0 aromatic heterocycles. The van der Waals surface area contributed by atoms with Crippen LogP contribution in [0.4, 0.5) is 0 Å². The van der Waals surface area contributed by atoms with E-state index in [1.54, 1.807) is 26.1 Å². The lowest BCUT2D eigenvalue weighted by molar-refractivity contribution is 0.0827. The second-order valence-electron chi connectivity index (χ2n) is 6.26. The molecule has 0 fully saturated rings. The van der Waals surface area contributed by atoms with Crippen LogP contribution in [0.5, 0.6) is 5.75 Å². The monoisotopic (exact) mass is 496 g/mol. The first-order valence-corrected chi connectivity index (χ1v) is 8.99. The van der Waals surface area contributed by atoms with Crippen LogP contribution in [0.15, 0.2) is 53.5 Å². The molecule has 0 aliphatic heterocycles.